The zero-order valence-corrected chi connectivity index (χ0v) is 19.5. The molecule has 8 heteroatoms. The largest absolute Gasteiger partial charge is 0.394 e. The molecule has 178 valence electrons. The topological polar surface area (TPSA) is 60.8 Å². The molecule has 0 amide bonds. The van der Waals surface area contributed by atoms with Gasteiger partial charge >= 0.3 is 6.18 Å². The summed E-state index contributed by atoms with van der Waals surface area (Å²) in [6.07, 6.45) is -0.518. The van der Waals surface area contributed by atoms with Crippen molar-refractivity contribution in [3.63, 3.8) is 0 Å². The molecule has 3 aliphatic carbocycles. The molecule has 2 bridgehead atoms. The summed E-state index contributed by atoms with van der Waals surface area (Å²) in [4.78, 5) is 18.9. The summed E-state index contributed by atoms with van der Waals surface area (Å²) >= 11 is 0. The Balaban J connectivity index is 1.39. The quantitative estimate of drug-likeness (QED) is 0.474. The van der Waals surface area contributed by atoms with E-state index in [4.69, 9.17) is 19.7 Å². The van der Waals surface area contributed by atoms with Crippen LogP contribution in [0.25, 0.3) is 11.0 Å². The lowest BCUT2D eigenvalue weighted by Crippen LogP contribution is -2.70. The van der Waals surface area contributed by atoms with Crippen molar-refractivity contribution in [2.75, 3.05) is 6.61 Å². The summed E-state index contributed by atoms with van der Waals surface area (Å²) < 4.78 is 46.8. The van der Waals surface area contributed by atoms with Crippen molar-refractivity contribution in [2.45, 2.75) is 76.5 Å². The average Bonchev–Trinajstić information content (AvgIpc) is 2.72. The molecular formula is C26H27F3N4O. The lowest BCUT2D eigenvalue weighted by atomic mass is 9.34. The van der Waals surface area contributed by atoms with Gasteiger partial charge in [0, 0.05) is 35.5 Å². The number of alkyl halides is 3. The summed E-state index contributed by atoms with van der Waals surface area (Å²) in [5.74, 6) is 0.141. The normalized spacial score (nSPS) is 30.6. The number of aryl methyl sites for hydroxylation is 3. The third-order valence-corrected chi connectivity index (χ3v) is 8.21. The molecule has 0 spiro atoms. The van der Waals surface area contributed by atoms with E-state index >= 15 is 0 Å². The van der Waals surface area contributed by atoms with Crippen molar-refractivity contribution in [3.05, 3.63) is 58.4 Å². The Bertz CT molecular complexity index is 1290. The Labute approximate surface area is 196 Å². The summed E-state index contributed by atoms with van der Waals surface area (Å²) in [7, 11) is 0. The second-order valence-electron chi connectivity index (χ2n) is 10.6. The first kappa shape index (κ1) is 21.9. The zero-order valence-electron chi connectivity index (χ0n) is 19.5. The van der Waals surface area contributed by atoms with Crippen LogP contribution in [0.1, 0.15) is 78.2 Å². The third kappa shape index (κ3) is 3.17. The molecule has 0 aromatic carbocycles. The smallest absolute Gasteiger partial charge is 0.373 e. The average molecular weight is 469 g/mol. The van der Waals surface area contributed by atoms with Gasteiger partial charge in [-0.1, -0.05) is 0 Å². The molecule has 2 unspecified atom stereocenters. The molecule has 0 N–H and O–H groups in total. The van der Waals surface area contributed by atoms with Crippen molar-refractivity contribution in [1.82, 2.24) is 19.9 Å². The van der Waals surface area contributed by atoms with Crippen molar-refractivity contribution in [3.8, 4) is 0 Å². The Morgan fingerprint density at radius 2 is 1.74 bits per heavy atom. The molecular weight excluding hydrogens is 441 g/mol. The van der Waals surface area contributed by atoms with E-state index in [1.165, 1.54) is 0 Å². The SMILES string of the molecule is Cc1cc(C2CC(c3cc4nc(C)c(C)nc4c(C45CC(C(F)(F)F)(C4)C5)n3)CCO2)ccn1. The van der Waals surface area contributed by atoms with Gasteiger partial charge in [0.25, 0.3) is 0 Å². The van der Waals surface area contributed by atoms with E-state index in [2.05, 4.69) is 4.98 Å². The van der Waals surface area contributed by atoms with E-state index in [9.17, 15) is 13.2 Å². The molecule has 3 saturated carbocycles. The minimum absolute atomic E-state index is 0.0596. The van der Waals surface area contributed by atoms with Crippen molar-refractivity contribution >= 4 is 11.0 Å². The molecule has 34 heavy (non-hydrogen) atoms. The lowest BCUT2D eigenvalue weighted by molar-refractivity contribution is -0.337. The summed E-state index contributed by atoms with van der Waals surface area (Å²) in [6, 6.07) is 6.02. The van der Waals surface area contributed by atoms with Gasteiger partial charge in [-0.05, 0) is 76.6 Å². The fourth-order valence-electron chi connectivity index (χ4n) is 6.23. The molecule has 5 nitrogen and oxygen atoms in total. The Morgan fingerprint density at radius 3 is 2.44 bits per heavy atom. The van der Waals surface area contributed by atoms with Crippen LogP contribution >= 0.6 is 0 Å². The molecule has 1 saturated heterocycles. The molecule has 0 radical (unpaired) electrons. The number of ether oxygens (including phenoxy) is 1. The second-order valence-corrected chi connectivity index (χ2v) is 10.6. The van der Waals surface area contributed by atoms with Gasteiger partial charge < -0.3 is 4.74 Å². The van der Waals surface area contributed by atoms with Crippen LogP contribution in [0, 0.1) is 26.2 Å². The van der Waals surface area contributed by atoms with E-state index in [0.717, 1.165) is 46.7 Å². The van der Waals surface area contributed by atoms with Gasteiger partial charge in [0.05, 0.1) is 34.1 Å². The highest BCUT2D eigenvalue weighted by atomic mass is 19.4. The minimum Gasteiger partial charge on any atom is -0.373 e. The van der Waals surface area contributed by atoms with Gasteiger partial charge in [0.15, 0.2) is 0 Å². The van der Waals surface area contributed by atoms with Crippen LogP contribution < -0.4 is 0 Å². The van der Waals surface area contributed by atoms with Crippen LogP contribution in [0.15, 0.2) is 24.4 Å². The molecule has 2 atom stereocenters. The van der Waals surface area contributed by atoms with Gasteiger partial charge in [0.1, 0.15) is 5.52 Å². The highest BCUT2D eigenvalue weighted by Gasteiger charge is 2.79. The fraction of sp³-hybridized carbons (Fsp3) is 0.538. The Kier molecular flexibility index (Phi) is 4.63. The molecule has 4 fully saturated rings. The number of aromatic nitrogens is 4. The van der Waals surface area contributed by atoms with E-state index < -0.39 is 17.0 Å². The molecule has 1 aliphatic heterocycles. The number of hydrogen-bond donors (Lipinski definition) is 0. The molecule has 4 heterocycles. The minimum atomic E-state index is -4.16. The van der Waals surface area contributed by atoms with Gasteiger partial charge in [-0.15, -0.1) is 0 Å². The summed E-state index contributed by atoms with van der Waals surface area (Å²) in [5.41, 5.74) is 4.59. The van der Waals surface area contributed by atoms with Crippen LogP contribution in [-0.2, 0) is 10.2 Å². The van der Waals surface area contributed by atoms with Crippen molar-refractivity contribution in [1.29, 1.82) is 0 Å². The van der Waals surface area contributed by atoms with Crippen LogP contribution in [0.3, 0.4) is 0 Å². The van der Waals surface area contributed by atoms with Crippen LogP contribution in [0.2, 0.25) is 0 Å². The maximum absolute atomic E-state index is 13.6. The van der Waals surface area contributed by atoms with E-state index in [1.54, 1.807) is 6.20 Å². The molecule has 4 aliphatic rings. The molecule has 3 aromatic heterocycles. The molecule has 3 aromatic rings. The van der Waals surface area contributed by atoms with Crippen molar-refractivity contribution < 1.29 is 17.9 Å². The van der Waals surface area contributed by atoms with Gasteiger partial charge in [-0.3, -0.25) is 9.97 Å². The standard InChI is InChI=1S/C26H27F3N4O/c1-14-8-18(4-6-30-14)21-9-17(5-7-34-21)19-10-20-22(32-16(3)15(2)31-20)23(33-19)24-11-25(12-24,13-24)26(27,28)29/h4,6,8,10,17,21H,5,7,9,11-13H2,1-3H3. The molecule has 7 rings (SSSR count). The third-order valence-electron chi connectivity index (χ3n) is 8.21. The maximum Gasteiger partial charge on any atom is 0.394 e. The Morgan fingerprint density at radius 1 is 1.00 bits per heavy atom. The number of fused-ring (bicyclic) bond motifs is 1. The van der Waals surface area contributed by atoms with Crippen LogP contribution in [0.4, 0.5) is 13.2 Å². The van der Waals surface area contributed by atoms with Crippen LogP contribution in [-0.4, -0.2) is 32.7 Å². The number of rotatable bonds is 3. The Hall–Kier alpha value is -2.61. The predicted octanol–water partition coefficient (Wildman–Crippen LogP) is 5.96. The van der Waals surface area contributed by atoms with Crippen LogP contribution in [0.5, 0.6) is 0 Å². The predicted molar refractivity (Wildman–Crippen MR) is 120 cm³/mol. The van der Waals surface area contributed by atoms with E-state index in [-0.39, 0.29) is 31.3 Å². The highest BCUT2D eigenvalue weighted by Crippen LogP contribution is 2.78. The fourth-order valence-corrected chi connectivity index (χ4v) is 6.23. The summed E-state index contributed by atoms with van der Waals surface area (Å²) in [6.45, 7) is 6.37. The maximum atomic E-state index is 13.6. The number of pyridine rings is 2. The van der Waals surface area contributed by atoms with E-state index in [0.29, 0.717) is 17.8 Å². The first-order valence-corrected chi connectivity index (χ1v) is 11.9. The first-order valence-electron chi connectivity index (χ1n) is 11.9. The second kappa shape index (κ2) is 7.20. The van der Waals surface area contributed by atoms with Gasteiger partial charge in [-0.2, -0.15) is 13.2 Å². The van der Waals surface area contributed by atoms with Gasteiger partial charge in [0.2, 0.25) is 0 Å². The number of nitrogens with zero attached hydrogens (tertiary/aromatic N) is 4. The lowest BCUT2D eigenvalue weighted by Gasteiger charge is -2.70. The highest BCUT2D eigenvalue weighted by molar-refractivity contribution is 5.79. The number of halogens is 3. The first-order chi connectivity index (χ1) is 16.1. The zero-order chi connectivity index (χ0) is 23.9. The van der Waals surface area contributed by atoms with E-state index in [1.807, 2.05) is 39.0 Å². The van der Waals surface area contributed by atoms with Gasteiger partial charge in [-0.25, -0.2) is 9.97 Å². The van der Waals surface area contributed by atoms with Crippen molar-refractivity contribution in [2.24, 2.45) is 5.41 Å². The monoisotopic (exact) mass is 468 g/mol. The summed E-state index contributed by atoms with van der Waals surface area (Å²) in [5, 5.41) is 0. The number of hydrogen-bond acceptors (Lipinski definition) is 5.